The summed E-state index contributed by atoms with van der Waals surface area (Å²) in [6, 6.07) is 0. The van der Waals surface area contributed by atoms with E-state index in [0.717, 1.165) is 11.8 Å². The first kappa shape index (κ1) is 9.54. The second kappa shape index (κ2) is 3.15. The van der Waals surface area contributed by atoms with Crippen LogP contribution in [-0.2, 0) is 0 Å². The van der Waals surface area contributed by atoms with Crippen molar-refractivity contribution in [2.75, 3.05) is 0 Å². The van der Waals surface area contributed by atoms with Crippen molar-refractivity contribution in [1.29, 1.82) is 0 Å². The summed E-state index contributed by atoms with van der Waals surface area (Å²) in [6.07, 6.45) is 11.2. The number of alkyl halides is 2. The average molecular weight is 231 g/mol. The van der Waals surface area contributed by atoms with Gasteiger partial charge in [0.1, 0.15) is 4.33 Å². The van der Waals surface area contributed by atoms with Crippen LogP contribution in [0.3, 0.4) is 0 Å². The Bertz CT molecular complexity index is 245. The molecule has 0 aliphatic heterocycles. The minimum absolute atomic E-state index is 0.360. The predicted octanol–water partition coefficient (Wildman–Crippen LogP) is 4.17. The van der Waals surface area contributed by atoms with Gasteiger partial charge in [0.2, 0.25) is 0 Å². The van der Waals surface area contributed by atoms with Crippen molar-refractivity contribution in [3.8, 4) is 0 Å². The van der Waals surface area contributed by atoms with Crippen molar-refractivity contribution < 1.29 is 0 Å². The van der Waals surface area contributed by atoms with E-state index in [4.69, 9.17) is 23.2 Å². The number of hydrogen-bond acceptors (Lipinski definition) is 0. The van der Waals surface area contributed by atoms with E-state index in [1.54, 1.807) is 0 Å². The van der Waals surface area contributed by atoms with Crippen LogP contribution in [-0.4, -0.2) is 4.33 Å². The van der Waals surface area contributed by atoms with Gasteiger partial charge < -0.3 is 0 Å². The Kier molecular flexibility index (Phi) is 2.15. The molecular weight excluding hydrogens is 215 g/mol. The van der Waals surface area contributed by atoms with Crippen LogP contribution in [0, 0.1) is 23.7 Å². The van der Waals surface area contributed by atoms with E-state index in [1.165, 1.54) is 32.1 Å². The molecule has 3 aliphatic rings. The van der Waals surface area contributed by atoms with Gasteiger partial charge in [-0.1, -0.05) is 12.2 Å². The fourth-order valence-corrected chi connectivity index (χ4v) is 4.29. The Morgan fingerprint density at radius 2 is 1.36 bits per heavy atom. The van der Waals surface area contributed by atoms with Gasteiger partial charge >= 0.3 is 0 Å². The summed E-state index contributed by atoms with van der Waals surface area (Å²) >= 11 is 12.6. The Morgan fingerprint density at radius 1 is 0.857 bits per heavy atom. The summed E-state index contributed by atoms with van der Waals surface area (Å²) in [7, 11) is 0. The number of halogens is 2. The van der Waals surface area contributed by atoms with Crippen LogP contribution in [0.25, 0.3) is 0 Å². The molecule has 0 aromatic carbocycles. The van der Waals surface area contributed by atoms with E-state index in [9.17, 15) is 0 Å². The van der Waals surface area contributed by atoms with Gasteiger partial charge in [0.05, 0.1) is 0 Å². The largest absolute Gasteiger partial charge is 0.124 e. The van der Waals surface area contributed by atoms with Crippen molar-refractivity contribution in [3.05, 3.63) is 12.2 Å². The van der Waals surface area contributed by atoms with Crippen molar-refractivity contribution in [2.24, 2.45) is 23.7 Å². The molecule has 0 nitrogen and oxygen atoms in total. The highest BCUT2D eigenvalue weighted by Crippen LogP contribution is 2.66. The molecule has 4 atom stereocenters. The van der Waals surface area contributed by atoms with E-state index in [2.05, 4.69) is 12.2 Å². The lowest BCUT2D eigenvalue weighted by Crippen LogP contribution is -2.09. The number of hydrogen-bond donors (Lipinski definition) is 0. The molecule has 2 fully saturated rings. The van der Waals surface area contributed by atoms with E-state index < -0.39 is 0 Å². The average Bonchev–Trinajstić information content (AvgIpc) is 2.78. The Balaban J connectivity index is 1.81. The molecule has 0 aromatic heterocycles. The van der Waals surface area contributed by atoms with Crippen molar-refractivity contribution in [3.63, 3.8) is 0 Å². The summed E-state index contributed by atoms with van der Waals surface area (Å²) in [4.78, 5) is 0. The minimum atomic E-state index is -0.360. The molecule has 0 saturated heterocycles. The lowest BCUT2D eigenvalue weighted by molar-refractivity contribution is 0.364. The van der Waals surface area contributed by atoms with Crippen LogP contribution in [0.2, 0.25) is 0 Å². The Labute approximate surface area is 95.7 Å². The van der Waals surface area contributed by atoms with Gasteiger partial charge in [-0.3, -0.25) is 0 Å². The quantitative estimate of drug-likeness (QED) is 0.433. The maximum Gasteiger partial charge on any atom is 0.124 e. The number of rotatable bonds is 0. The Hall–Kier alpha value is 0.320. The predicted molar refractivity (Wildman–Crippen MR) is 60.6 cm³/mol. The summed E-state index contributed by atoms with van der Waals surface area (Å²) in [6.45, 7) is 0. The SMILES string of the molecule is ClC1(Cl)[C@@H]2C[C@H]3CC=CC[C@@H](C3)C[C@@H]21. The van der Waals surface area contributed by atoms with Crippen LogP contribution in [0.4, 0.5) is 0 Å². The zero-order chi connectivity index (χ0) is 9.76. The lowest BCUT2D eigenvalue weighted by Gasteiger charge is -2.18. The molecule has 0 radical (unpaired) electrons. The molecule has 0 amide bonds. The van der Waals surface area contributed by atoms with Gasteiger partial charge in [0, 0.05) is 0 Å². The van der Waals surface area contributed by atoms with Crippen molar-refractivity contribution in [2.45, 2.75) is 36.4 Å². The molecule has 2 saturated carbocycles. The van der Waals surface area contributed by atoms with Crippen LogP contribution >= 0.6 is 23.2 Å². The second-order valence-electron chi connectivity index (χ2n) is 5.27. The highest BCUT2D eigenvalue weighted by atomic mass is 35.5. The third kappa shape index (κ3) is 1.42. The van der Waals surface area contributed by atoms with Crippen molar-refractivity contribution >= 4 is 23.2 Å². The monoisotopic (exact) mass is 230 g/mol. The molecular formula is C12H16Cl2. The summed E-state index contributed by atoms with van der Waals surface area (Å²) in [5.41, 5.74) is 0. The van der Waals surface area contributed by atoms with E-state index in [1.807, 2.05) is 0 Å². The highest BCUT2D eigenvalue weighted by molar-refractivity contribution is 6.51. The highest BCUT2D eigenvalue weighted by Gasteiger charge is 2.63. The molecule has 0 unspecified atom stereocenters. The fourth-order valence-electron chi connectivity index (χ4n) is 3.45. The normalized spacial score (nSPS) is 49.0. The zero-order valence-corrected chi connectivity index (χ0v) is 9.77. The summed E-state index contributed by atoms with van der Waals surface area (Å²) < 4.78 is -0.360. The first-order valence-electron chi connectivity index (χ1n) is 5.70. The molecule has 14 heavy (non-hydrogen) atoms. The third-order valence-corrected chi connectivity index (χ3v) is 5.43. The minimum Gasteiger partial charge on any atom is -0.101 e. The first-order valence-corrected chi connectivity index (χ1v) is 6.46. The molecule has 3 aliphatic carbocycles. The van der Waals surface area contributed by atoms with E-state index in [0.29, 0.717) is 11.8 Å². The molecule has 0 N–H and O–H groups in total. The lowest BCUT2D eigenvalue weighted by atomic mass is 9.89. The maximum atomic E-state index is 6.30. The van der Waals surface area contributed by atoms with Gasteiger partial charge in [-0.25, -0.2) is 0 Å². The van der Waals surface area contributed by atoms with Gasteiger partial charge in [-0.05, 0) is 55.8 Å². The smallest absolute Gasteiger partial charge is 0.101 e. The zero-order valence-electron chi connectivity index (χ0n) is 8.26. The fraction of sp³-hybridized carbons (Fsp3) is 0.833. The van der Waals surface area contributed by atoms with Gasteiger partial charge in [-0.2, -0.15) is 0 Å². The third-order valence-electron chi connectivity index (χ3n) is 4.31. The van der Waals surface area contributed by atoms with Crippen LogP contribution < -0.4 is 0 Å². The molecule has 2 heteroatoms. The van der Waals surface area contributed by atoms with Crippen LogP contribution in [0.5, 0.6) is 0 Å². The van der Waals surface area contributed by atoms with Crippen LogP contribution in [0.1, 0.15) is 32.1 Å². The standard InChI is InChI=1S/C12H16Cl2/c13-12(14)10-6-8-3-1-2-4-9(5-8)7-11(10)12/h1-2,8-11H,3-7H2/t8-,9-,10-,11+/m0/s1. The topological polar surface area (TPSA) is 0 Å². The van der Waals surface area contributed by atoms with Crippen molar-refractivity contribution in [1.82, 2.24) is 0 Å². The first-order chi connectivity index (χ1) is 6.68. The van der Waals surface area contributed by atoms with Gasteiger partial charge in [0.25, 0.3) is 0 Å². The van der Waals surface area contributed by atoms with E-state index >= 15 is 0 Å². The van der Waals surface area contributed by atoms with Gasteiger partial charge in [0.15, 0.2) is 0 Å². The molecule has 2 bridgehead atoms. The Morgan fingerprint density at radius 3 is 1.86 bits per heavy atom. The second-order valence-corrected chi connectivity index (χ2v) is 6.71. The number of fused-ring (bicyclic) bond motifs is 3. The van der Waals surface area contributed by atoms with Crippen LogP contribution in [0.15, 0.2) is 12.2 Å². The maximum absolute atomic E-state index is 6.30. The van der Waals surface area contributed by atoms with Gasteiger partial charge in [-0.15, -0.1) is 23.2 Å². The molecule has 0 aromatic rings. The molecule has 78 valence electrons. The molecule has 3 rings (SSSR count). The summed E-state index contributed by atoms with van der Waals surface area (Å²) in [5, 5.41) is 0. The summed E-state index contributed by atoms with van der Waals surface area (Å²) in [5.74, 6) is 2.92. The molecule has 0 spiro atoms. The van der Waals surface area contributed by atoms with E-state index in [-0.39, 0.29) is 4.33 Å². The molecule has 0 heterocycles. The number of allylic oxidation sites excluding steroid dienone is 2.